The van der Waals surface area contributed by atoms with E-state index in [4.69, 9.17) is 5.11 Å². The van der Waals surface area contributed by atoms with Crippen LogP contribution in [0.25, 0.3) is 0 Å². The van der Waals surface area contributed by atoms with Gasteiger partial charge in [0.2, 0.25) is 0 Å². The third-order valence-corrected chi connectivity index (χ3v) is 3.84. The molecular formula is C12H20N2O3. The number of piperidine rings is 1. The number of amides is 2. The number of carbonyl (C=O) groups is 2. The molecule has 0 spiro atoms. The zero-order valence-corrected chi connectivity index (χ0v) is 10.3. The normalized spacial score (nSPS) is 26.3. The van der Waals surface area contributed by atoms with Gasteiger partial charge in [0.15, 0.2) is 0 Å². The number of aliphatic carboxylic acids is 1. The van der Waals surface area contributed by atoms with Gasteiger partial charge in [-0.05, 0) is 31.6 Å². The SMILES string of the molecule is CC1CCN(C(=O)N2CCC[C@H]2C(=O)O)CC1. The van der Waals surface area contributed by atoms with Crippen molar-refractivity contribution < 1.29 is 14.7 Å². The first-order valence-corrected chi connectivity index (χ1v) is 6.38. The van der Waals surface area contributed by atoms with Crippen molar-refractivity contribution in [1.29, 1.82) is 0 Å². The van der Waals surface area contributed by atoms with Crippen LogP contribution in [0.15, 0.2) is 0 Å². The van der Waals surface area contributed by atoms with E-state index in [9.17, 15) is 9.59 Å². The van der Waals surface area contributed by atoms with E-state index in [1.165, 1.54) is 4.90 Å². The van der Waals surface area contributed by atoms with Crippen LogP contribution in [0.1, 0.15) is 32.6 Å². The molecular weight excluding hydrogens is 220 g/mol. The fraction of sp³-hybridized carbons (Fsp3) is 0.833. The molecule has 17 heavy (non-hydrogen) atoms. The third kappa shape index (κ3) is 2.53. The zero-order valence-electron chi connectivity index (χ0n) is 10.3. The standard InChI is InChI=1S/C12H20N2O3/c1-9-4-7-13(8-5-9)12(17)14-6-2-3-10(14)11(15)16/h9-10H,2-8H2,1H3,(H,15,16)/t10-/m0/s1. The van der Waals surface area contributed by atoms with E-state index in [0.717, 1.165) is 32.4 Å². The van der Waals surface area contributed by atoms with Crippen molar-refractivity contribution in [3.63, 3.8) is 0 Å². The van der Waals surface area contributed by atoms with Crippen molar-refractivity contribution in [3.8, 4) is 0 Å². The average Bonchev–Trinajstić information content (AvgIpc) is 2.78. The molecule has 0 aromatic rings. The smallest absolute Gasteiger partial charge is 0.326 e. The van der Waals surface area contributed by atoms with E-state index >= 15 is 0 Å². The molecule has 1 N–H and O–H groups in total. The fourth-order valence-electron chi connectivity index (χ4n) is 2.63. The largest absolute Gasteiger partial charge is 0.480 e. The second-order valence-corrected chi connectivity index (χ2v) is 5.14. The monoisotopic (exact) mass is 240 g/mol. The maximum Gasteiger partial charge on any atom is 0.326 e. The van der Waals surface area contributed by atoms with Gasteiger partial charge < -0.3 is 14.9 Å². The molecule has 0 aliphatic carbocycles. The average molecular weight is 240 g/mol. The highest BCUT2D eigenvalue weighted by Crippen LogP contribution is 2.22. The van der Waals surface area contributed by atoms with Crippen molar-refractivity contribution in [1.82, 2.24) is 9.80 Å². The molecule has 0 aromatic carbocycles. The lowest BCUT2D eigenvalue weighted by Gasteiger charge is -2.34. The van der Waals surface area contributed by atoms with Crippen molar-refractivity contribution in [2.45, 2.75) is 38.6 Å². The van der Waals surface area contributed by atoms with Crippen LogP contribution < -0.4 is 0 Å². The van der Waals surface area contributed by atoms with E-state index in [1.54, 1.807) is 4.90 Å². The number of urea groups is 1. The highest BCUT2D eigenvalue weighted by atomic mass is 16.4. The van der Waals surface area contributed by atoms with Crippen LogP contribution >= 0.6 is 0 Å². The van der Waals surface area contributed by atoms with Crippen molar-refractivity contribution >= 4 is 12.0 Å². The number of carbonyl (C=O) groups excluding carboxylic acids is 1. The van der Waals surface area contributed by atoms with Gasteiger partial charge in [-0.2, -0.15) is 0 Å². The Hall–Kier alpha value is -1.26. The summed E-state index contributed by atoms with van der Waals surface area (Å²) in [6, 6.07) is -0.691. The van der Waals surface area contributed by atoms with Gasteiger partial charge in [0, 0.05) is 19.6 Å². The Bertz CT molecular complexity index is 311. The van der Waals surface area contributed by atoms with Crippen LogP contribution in [0.4, 0.5) is 4.79 Å². The van der Waals surface area contributed by atoms with Crippen molar-refractivity contribution in [2.24, 2.45) is 5.92 Å². The van der Waals surface area contributed by atoms with Crippen molar-refractivity contribution in [3.05, 3.63) is 0 Å². The molecule has 5 heteroatoms. The molecule has 1 atom stereocenters. The summed E-state index contributed by atoms with van der Waals surface area (Å²) >= 11 is 0. The van der Waals surface area contributed by atoms with E-state index in [2.05, 4.69) is 6.92 Å². The van der Waals surface area contributed by atoms with Gasteiger partial charge in [-0.25, -0.2) is 9.59 Å². The number of carboxylic acid groups (broad SMARTS) is 1. The summed E-state index contributed by atoms with van der Waals surface area (Å²) in [5.41, 5.74) is 0. The summed E-state index contributed by atoms with van der Waals surface area (Å²) in [5.74, 6) is -0.200. The Morgan fingerprint density at radius 1 is 1.12 bits per heavy atom. The predicted molar refractivity (Wildman–Crippen MR) is 62.7 cm³/mol. The molecule has 0 radical (unpaired) electrons. The minimum atomic E-state index is -0.874. The number of hydrogen-bond acceptors (Lipinski definition) is 2. The van der Waals surface area contributed by atoms with Crippen LogP contribution in [0.2, 0.25) is 0 Å². The van der Waals surface area contributed by atoms with Gasteiger partial charge in [0.25, 0.3) is 0 Å². The maximum atomic E-state index is 12.2. The van der Waals surface area contributed by atoms with Crippen LogP contribution in [0, 0.1) is 5.92 Å². The molecule has 0 saturated carbocycles. The first kappa shape index (κ1) is 12.2. The molecule has 2 heterocycles. The Kier molecular flexibility index (Phi) is 3.54. The predicted octanol–water partition coefficient (Wildman–Crippen LogP) is 1.39. The fourth-order valence-corrected chi connectivity index (χ4v) is 2.63. The molecule has 5 nitrogen and oxygen atoms in total. The van der Waals surface area contributed by atoms with Gasteiger partial charge in [-0.15, -0.1) is 0 Å². The molecule has 2 amide bonds. The number of nitrogens with zero attached hydrogens (tertiary/aromatic N) is 2. The Morgan fingerprint density at radius 3 is 2.35 bits per heavy atom. The lowest BCUT2D eigenvalue weighted by molar-refractivity contribution is -0.141. The molecule has 0 bridgehead atoms. The van der Waals surface area contributed by atoms with Crippen LogP contribution in [0.5, 0.6) is 0 Å². The summed E-state index contributed by atoms with van der Waals surface area (Å²) in [7, 11) is 0. The van der Waals surface area contributed by atoms with Crippen LogP contribution in [-0.2, 0) is 4.79 Å². The van der Waals surface area contributed by atoms with Crippen LogP contribution in [0.3, 0.4) is 0 Å². The highest BCUT2D eigenvalue weighted by molar-refractivity contribution is 5.83. The van der Waals surface area contributed by atoms with Gasteiger partial charge in [0.1, 0.15) is 6.04 Å². The van der Waals surface area contributed by atoms with E-state index < -0.39 is 12.0 Å². The molecule has 0 aromatic heterocycles. The summed E-state index contributed by atoms with van der Waals surface area (Å²) in [6.07, 6.45) is 3.44. The third-order valence-electron chi connectivity index (χ3n) is 3.84. The zero-order chi connectivity index (χ0) is 12.4. The molecule has 0 unspecified atom stereocenters. The molecule has 2 aliphatic rings. The first-order chi connectivity index (χ1) is 8.09. The Labute approximate surface area is 101 Å². The minimum Gasteiger partial charge on any atom is -0.480 e. The number of likely N-dealkylation sites (tertiary alicyclic amines) is 2. The molecule has 2 saturated heterocycles. The summed E-state index contributed by atoms with van der Waals surface area (Å²) in [4.78, 5) is 26.6. The number of rotatable bonds is 1. The molecule has 2 aliphatic heterocycles. The van der Waals surface area contributed by atoms with E-state index in [-0.39, 0.29) is 6.03 Å². The van der Waals surface area contributed by atoms with Gasteiger partial charge in [-0.1, -0.05) is 6.92 Å². The van der Waals surface area contributed by atoms with Crippen molar-refractivity contribution in [2.75, 3.05) is 19.6 Å². The number of carboxylic acids is 1. The first-order valence-electron chi connectivity index (χ1n) is 6.38. The van der Waals surface area contributed by atoms with Gasteiger partial charge >= 0.3 is 12.0 Å². The van der Waals surface area contributed by atoms with Gasteiger partial charge in [-0.3, -0.25) is 0 Å². The summed E-state index contributed by atoms with van der Waals surface area (Å²) < 4.78 is 0. The molecule has 2 fully saturated rings. The Balaban J connectivity index is 1.97. The quantitative estimate of drug-likeness (QED) is 0.753. The van der Waals surface area contributed by atoms with E-state index in [0.29, 0.717) is 18.9 Å². The lowest BCUT2D eigenvalue weighted by Crippen LogP contribution is -2.50. The minimum absolute atomic E-state index is 0.0817. The van der Waals surface area contributed by atoms with E-state index in [1.807, 2.05) is 0 Å². The lowest BCUT2D eigenvalue weighted by atomic mass is 9.99. The Morgan fingerprint density at radius 2 is 1.76 bits per heavy atom. The second-order valence-electron chi connectivity index (χ2n) is 5.14. The highest BCUT2D eigenvalue weighted by Gasteiger charge is 2.36. The summed E-state index contributed by atoms with van der Waals surface area (Å²) in [6.45, 7) is 4.31. The second kappa shape index (κ2) is 4.94. The maximum absolute atomic E-state index is 12.2. The molecule has 2 rings (SSSR count). The van der Waals surface area contributed by atoms with Crippen LogP contribution in [-0.4, -0.2) is 52.6 Å². The number of hydrogen-bond donors (Lipinski definition) is 1. The topological polar surface area (TPSA) is 60.9 Å². The summed E-state index contributed by atoms with van der Waals surface area (Å²) in [5, 5.41) is 9.06. The van der Waals surface area contributed by atoms with Gasteiger partial charge in [0.05, 0.1) is 0 Å². The molecule has 96 valence electrons.